The quantitative estimate of drug-likeness (QED) is 0.849. The number of carbonyl (C=O) groups excluding carboxylic acids is 1. The molecule has 3 unspecified atom stereocenters. The average molecular weight is 287 g/mol. The highest BCUT2D eigenvalue weighted by Crippen LogP contribution is 2.33. The van der Waals surface area contributed by atoms with Crippen LogP contribution in [0.25, 0.3) is 0 Å². The minimum atomic E-state index is -0.0270. The predicted octanol–water partition coefficient (Wildman–Crippen LogP) is 2.37. The molecule has 1 aromatic rings. The summed E-state index contributed by atoms with van der Waals surface area (Å²) in [6.07, 6.45) is 11.4. The first-order valence-corrected chi connectivity index (χ1v) is 8.02. The van der Waals surface area contributed by atoms with Crippen LogP contribution in [0.1, 0.15) is 43.8 Å². The van der Waals surface area contributed by atoms with E-state index in [1.807, 2.05) is 12.2 Å². The summed E-state index contributed by atoms with van der Waals surface area (Å²) in [5, 5.41) is 0. The molecule has 0 saturated carbocycles. The molecule has 0 radical (unpaired) electrons. The van der Waals surface area contributed by atoms with Crippen LogP contribution in [0.3, 0.4) is 0 Å². The van der Waals surface area contributed by atoms with Gasteiger partial charge in [-0.15, -0.1) is 0 Å². The van der Waals surface area contributed by atoms with E-state index in [-0.39, 0.29) is 23.9 Å². The van der Waals surface area contributed by atoms with Crippen molar-refractivity contribution in [2.45, 2.75) is 44.2 Å². The van der Waals surface area contributed by atoms with Gasteiger partial charge in [-0.05, 0) is 31.4 Å². The number of hydrogen-bond donors (Lipinski definition) is 1. The third-order valence-corrected chi connectivity index (χ3v) is 4.80. The third kappa shape index (κ3) is 2.91. The molecule has 4 nitrogen and oxygen atoms in total. The molecule has 3 atom stereocenters. The Morgan fingerprint density at radius 1 is 1.29 bits per heavy atom. The Balaban J connectivity index is 1.84. The maximum atomic E-state index is 12.9. The zero-order valence-corrected chi connectivity index (χ0v) is 12.7. The van der Waals surface area contributed by atoms with E-state index in [4.69, 9.17) is 5.73 Å². The molecule has 1 aliphatic carbocycles. The van der Waals surface area contributed by atoms with Gasteiger partial charge in [0.2, 0.25) is 5.91 Å². The van der Waals surface area contributed by atoms with E-state index in [0.29, 0.717) is 0 Å². The van der Waals surface area contributed by atoms with Crippen molar-refractivity contribution in [3.05, 3.63) is 36.2 Å². The zero-order valence-electron chi connectivity index (χ0n) is 12.7. The summed E-state index contributed by atoms with van der Waals surface area (Å²) in [6, 6.07) is 4.46. The van der Waals surface area contributed by atoms with Crippen LogP contribution in [-0.2, 0) is 11.8 Å². The fraction of sp³-hybridized carbons (Fsp3) is 0.588. The molecule has 114 valence electrons. The number of rotatable bonds is 2. The second-order valence-corrected chi connectivity index (χ2v) is 6.33. The van der Waals surface area contributed by atoms with E-state index < -0.39 is 0 Å². The molecule has 0 bridgehead atoms. The molecule has 1 amide bonds. The van der Waals surface area contributed by atoms with Gasteiger partial charge >= 0.3 is 0 Å². The molecule has 3 rings (SSSR count). The van der Waals surface area contributed by atoms with Gasteiger partial charge in [0, 0.05) is 31.5 Å². The molecule has 1 aromatic heterocycles. The van der Waals surface area contributed by atoms with Crippen molar-refractivity contribution in [1.29, 1.82) is 0 Å². The van der Waals surface area contributed by atoms with Crippen molar-refractivity contribution in [2.24, 2.45) is 18.7 Å². The zero-order chi connectivity index (χ0) is 14.8. The fourth-order valence-corrected chi connectivity index (χ4v) is 3.62. The lowest BCUT2D eigenvalue weighted by molar-refractivity contribution is -0.136. The van der Waals surface area contributed by atoms with Crippen LogP contribution >= 0.6 is 0 Å². The maximum absolute atomic E-state index is 12.9. The number of aryl methyl sites for hydroxylation is 1. The van der Waals surface area contributed by atoms with Crippen molar-refractivity contribution in [1.82, 2.24) is 9.47 Å². The van der Waals surface area contributed by atoms with Crippen LogP contribution in [0, 0.1) is 5.92 Å². The van der Waals surface area contributed by atoms with Crippen molar-refractivity contribution in [3.8, 4) is 0 Å². The SMILES string of the molecule is Cn1cccc1C1CCCCCN1C(=O)C1C=CC(N)C1. The molecular weight excluding hydrogens is 262 g/mol. The number of nitrogens with zero attached hydrogens (tertiary/aromatic N) is 2. The van der Waals surface area contributed by atoms with Crippen molar-refractivity contribution >= 4 is 5.91 Å². The molecular formula is C17H25N3O. The number of hydrogen-bond acceptors (Lipinski definition) is 2. The maximum Gasteiger partial charge on any atom is 0.230 e. The number of nitrogens with two attached hydrogens (primary N) is 1. The van der Waals surface area contributed by atoms with E-state index >= 15 is 0 Å². The van der Waals surface area contributed by atoms with E-state index in [9.17, 15) is 4.79 Å². The Hall–Kier alpha value is -1.55. The molecule has 1 aliphatic heterocycles. The summed E-state index contributed by atoms with van der Waals surface area (Å²) in [7, 11) is 2.06. The molecule has 21 heavy (non-hydrogen) atoms. The minimum absolute atomic E-state index is 0.0270. The Labute approximate surface area is 126 Å². The number of amides is 1. The van der Waals surface area contributed by atoms with Gasteiger partial charge in [0.05, 0.1) is 12.0 Å². The summed E-state index contributed by atoms with van der Waals surface area (Å²) in [4.78, 5) is 15.0. The van der Waals surface area contributed by atoms with Gasteiger partial charge in [-0.1, -0.05) is 25.0 Å². The lowest BCUT2D eigenvalue weighted by Gasteiger charge is -2.32. The molecule has 2 aliphatic rings. The fourth-order valence-electron chi connectivity index (χ4n) is 3.62. The van der Waals surface area contributed by atoms with Crippen molar-refractivity contribution in [3.63, 3.8) is 0 Å². The van der Waals surface area contributed by atoms with Gasteiger partial charge in [-0.25, -0.2) is 0 Å². The predicted molar refractivity (Wildman–Crippen MR) is 83.6 cm³/mol. The first-order chi connectivity index (χ1) is 10.2. The highest BCUT2D eigenvalue weighted by atomic mass is 16.2. The lowest BCUT2D eigenvalue weighted by atomic mass is 10.0. The van der Waals surface area contributed by atoms with E-state index in [1.54, 1.807) is 0 Å². The molecule has 1 saturated heterocycles. The normalized spacial score (nSPS) is 29.6. The molecule has 0 spiro atoms. The Bertz CT molecular complexity index is 534. The second kappa shape index (κ2) is 6.06. The van der Waals surface area contributed by atoms with Gasteiger partial charge < -0.3 is 15.2 Å². The first-order valence-electron chi connectivity index (χ1n) is 8.02. The summed E-state index contributed by atoms with van der Waals surface area (Å²) in [5.74, 6) is 0.230. The van der Waals surface area contributed by atoms with Gasteiger partial charge in [-0.2, -0.15) is 0 Å². The average Bonchev–Trinajstić information content (AvgIpc) is 3.00. The van der Waals surface area contributed by atoms with Crippen LogP contribution in [0.2, 0.25) is 0 Å². The second-order valence-electron chi connectivity index (χ2n) is 6.33. The summed E-state index contributed by atoms with van der Waals surface area (Å²) in [6.45, 7) is 0.869. The minimum Gasteiger partial charge on any atom is -0.353 e. The summed E-state index contributed by atoms with van der Waals surface area (Å²) < 4.78 is 2.15. The number of carbonyl (C=O) groups is 1. The summed E-state index contributed by atoms with van der Waals surface area (Å²) >= 11 is 0. The third-order valence-electron chi connectivity index (χ3n) is 4.80. The van der Waals surface area contributed by atoms with Crippen LogP contribution in [0.5, 0.6) is 0 Å². The van der Waals surface area contributed by atoms with Crippen LogP contribution in [-0.4, -0.2) is 28.0 Å². The van der Waals surface area contributed by atoms with Gasteiger partial charge in [0.1, 0.15) is 0 Å². The Morgan fingerprint density at radius 3 is 2.81 bits per heavy atom. The number of likely N-dealkylation sites (tertiary alicyclic amines) is 1. The summed E-state index contributed by atoms with van der Waals surface area (Å²) in [5.41, 5.74) is 7.16. The Kier molecular flexibility index (Phi) is 4.15. The monoisotopic (exact) mass is 287 g/mol. The standard InChI is InChI=1S/C17H25N3O/c1-19-10-5-7-15(19)16-6-3-2-4-11-20(16)17(21)13-8-9-14(18)12-13/h5,7-10,13-14,16H,2-4,6,11-12,18H2,1H3. The largest absolute Gasteiger partial charge is 0.353 e. The van der Waals surface area contributed by atoms with E-state index in [1.165, 1.54) is 18.5 Å². The highest BCUT2D eigenvalue weighted by molar-refractivity contribution is 5.81. The van der Waals surface area contributed by atoms with Crippen LogP contribution in [0.15, 0.2) is 30.5 Å². The molecule has 2 N–H and O–H groups in total. The molecule has 2 heterocycles. The first kappa shape index (κ1) is 14.4. The molecule has 1 fully saturated rings. The van der Waals surface area contributed by atoms with Crippen LogP contribution < -0.4 is 5.73 Å². The lowest BCUT2D eigenvalue weighted by Crippen LogP contribution is -2.39. The van der Waals surface area contributed by atoms with Gasteiger partial charge in [0.15, 0.2) is 0 Å². The smallest absolute Gasteiger partial charge is 0.230 e. The van der Waals surface area contributed by atoms with E-state index in [2.05, 4.69) is 34.8 Å². The molecule has 0 aromatic carbocycles. The van der Waals surface area contributed by atoms with Crippen LogP contribution in [0.4, 0.5) is 0 Å². The topological polar surface area (TPSA) is 51.3 Å². The van der Waals surface area contributed by atoms with Gasteiger partial charge in [0.25, 0.3) is 0 Å². The van der Waals surface area contributed by atoms with Gasteiger partial charge in [-0.3, -0.25) is 4.79 Å². The highest BCUT2D eigenvalue weighted by Gasteiger charge is 2.33. The Morgan fingerprint density at radius 2 is 2.14 bits per heavy atom. The van der Waals surface area contributed by atoms with E-state index in [0.717, 1.165) is 25.8 Å². The molecule has 4 heteroatoms. The number of aromatic nitrogens is 1. The van der Waals surface area contributed by atoms with Crippen molar-refractivity contribution in [2.75, 3.05) is 6.54 Å². The van der Waals surface area contributed by atoms with Crippen molar-refractivity contribution < 1.29 is 4.79 Å².